The summed E-state index contributed by atoms with van der Waals surface area (Å²) >= 11 is 1.63. The fraction of sp³-hybridized carbons (Fsp3) is 0.167. The molecule has 5 nitrogen and oxygen atoms in total. The third kappa shape index (κ3) is 1.70. The van der Waals surface area contributed by atoms with Crippen LogP contribution in [0.15, 0.2) is 29.8 Å². The van der Waals surface area contributed by atoms with E-state index in [9.17, 15) is 4.79 Å². The highest BCUT2D eigenvalue weighted by atomic mass is 32.1. The number of anilines is 1. The van der Waals surface area contributed by atoms with Gasteiger partial charge >= 0.3 is 0 Å². The lowest BCUT2D eigenvalue weighted by Gasteiger charge is -2.03. The maximum atomic E-state index is 12.1. The molecule has 0 saturated carbocycles. The van der Waals surface area contributed by atoms with E-state index in [-0.39, 0.29) is 5.91 Å². The van der Waals surface area contributed by atoms with E-state index in [1.807, 2.05) is 36.2 Å². The smallest absolute Gasteiger partial charge is 0.273 e. The Bertz CT molecular complexity index is 721. The molecule has 0 aliphatic carbocycles. The Labute approximate surface area is 108 Å². The van der Waals surface area contributed by atoms with E-state index in [1.165, 1.54) is 0 Å². The zero-order chi connectivity index (χ0) is 12.7. The van der Waals surface area contributed by atoms with Crippen LogP contribution in [0.2, 0.25) is 0 Å². The number of hydrogen-bond donors (Lipinski definition) is 1. The van der Waals surface area contributed by atoms with E-state index in [4.69, 9.17) is 0 Å². The summed E-state index contributed by atoms with van der Waals surface area (Å²) in [5, 5.41) is 8.93. The van der Waals surface area contributed by atoms with Crippen LogP contribution in [0.1, 0.15) is 10.5 Å². The van der Waals surface area contributed by atoms with E-state index in [0.29, 0.717) is 11.5 Å². The van der Waals surface area contributed by atoms with Crippen molar-refractivity contribution in [2.45, 2.75) is 0 Å². The molecule has 0 aliphatic rings. The number of aryl methyl sites for hydroxylation is 2. The molecule has 1 amide bonds. The molecular weight excluding hydrogens is 248 g/mol. The number of nitrogens with zero attached hydrogens (tertiary/aromatic N) is 3. The molecule has 0 spiro atoms. The van der Waals surface area contributed by atoms with E-state index in [2.05, 4.69) is 10.4 Å². The first-order chi connectivity index (χ1) is 8.65. The van der Waals surface area contributed by atoms with Gasteiger partial charge in [-0.05, 0) is 17.5 Å². The normalized spacial score (nSPS) is 11.0. The molecule has 3 heterocycles. The molecular formula is C12H12N4OS. The van der Waals surface area contributed by atoms with Gasteiger partial charge in [-0.3, -0.25) is 9.48 Å². The monoisotopic (exact) mass is 260 g/mol. The molecule has 3 aromatic rings. The summed E-state index contributed by atoms with van der Waals surface area (Å²) in [4.78, 5) is 12.1. The van der Waals surface area contributed by atoms with Crippen molar-refractivity contribution < 1.29 is 4.79 Å². The molecule has 0 fully saturated rings. The minimum Gasteiger partial charge on any atom is -0.339 e. The van der Waals surface area contributed by atoms with Crippen LogP contribution in [-0.2, 0) is 14.1 Å². The summed E-state index contributed by atoms with van der Waals surface area (Å²) in [6, 6.07) is 5.68. The lowest BCUT2D eigenvalue weighted by Crippen LogP contribution is -2.16. The Morgan fingerprint density at radius 1 is 1.39 bits per heavy atom. The SMILES string of the molecule is Cn1ccc(NC(=O)c2cc3sccc3n2C)n1. The van der Waals surface area contributed by atoms with E-state index < -0.39 is 0 Å². The predicted octanol–water partition coefficient (Wildman–Crippen LogP) is 2.23. The van der Waals surface area contributed by atoms with Crippen molar-refractivity contribution in [3.05, 3.63) is 35.5 Å². The van der Waals surface area contributed by atoms with Gasteiger partial charge in [0.15, 0.2) is 5.82 Å². The molecule has 0 saturated heterocycles. The standard InChI is InChI=1S/C12H12N4OS/c1-15-5-3-11(14-15)13-12(17)9-7-10-8(16(9)2)4-6-18-10/h3-7H,1-2H3,(H,13,14,17). The highest BCUT2D eigenvalue weighted by Gasteiger charge is 2.14. The third-order valence-electron chi connectivity index (χ3n) is 2.85. The van der Waals surface area contributed by atoms with Gasteiger partial charge in [0.05, 0.1) is 10.2 Å². The lowest BCUT2D eigenvalue weighted by molar-refractivity contribution is 0.101. The average Bonchev–Trinajstić information content (AvgIpc) is 2.98. The molecule has 0 aromatic carbocycles. The molecule has 18 heavy (non-hydrogen) atoms. The number of amides is 1. The molecule has 0 atom stereocenters. The van der Waals surface area contributed by atoms with Gasteiger partial charge in [-0.2, -0.15) is 5.10 Å². The predicted molar refractivity (Wildman–Crippen MR) is 72.0 cm³/mol. The van der Waals surface area contributed by atoms with Gasteiger partial charge < -0.3 is 9.88 Å². The zero-order valence-corrected chi connectivity index (χ0v) is 10.9. The summed E-state index contributed by atoms with van der Waals surface area (Å²) < 4.78 is 4.66. The van der Waals surface area contributed by atoms with Crippen LogP contribution < -0.4 is 5.32 Å². The number of fused-ring (bicyclic) bond motifs is 1. The molecule has 1 N–H and O–H groups in total. The van der Waals surface area contributed by atoms with Crippen molar-refractivity contribution in [2.24, 2.45) is 14.1 Å². The number of aromatic nitrogens is 3. The van der Waals surface area contributed by atoms with Gasteiger partial charge in [-0.15, -0.1) is 11.3 Å². The fourth-order valence-electron chi connectivity index (χ4n) is 1.93. The van der Waals surface area contributed by atoms with Crippen LogP contribution in [0, 0.1) is 0 Å². The second-order valence-corrected chi connectivity index (χ2v) is 5.04. The Balaban J connectivity index is 1.92. The molecule has 0 unspecified atom stereocenters. The first-order valence-corrected chi connectivity index (χ1v) is 6.37. The van der Waals surface area contributed by atoms with Crippen molar-refractivity contribution in [1.29, 1.82) is 0 Å². The third-order valence-corrected chi connectivity index (χ3v) is 3.70. The van der Waals surface area contributed by atoms with Gasteiger partial charge in [0.1, 0.15) is 5.69 Å². The van der Waals surface area contributed by atoms with Crippen LogP contribution in [0.5, 0.6) is 0 Å². The summed E-state index contributed by atoms with van der Waals surface area (Å²) in [5.41, 5.74) is 1.72. The van der Waals surface area contributed by atoms with Gasteiger partial charge in [0.25, 0.3) is 5.91 Å². The molecule has 3 rings (SSSR count). The Morgan fingerprint density at radius 3 is 2.89 bits per heavy atom. The first-order valence-electron chi connectivity index (χ1n) is 5.49. The Hall–Kier alpha value is -2.08. The van der Waals surface area contributed by atoms with Gasteiger partial charge in [-0.1, -0.05) is 0 Å². The van der Waals surface area contributed by atoms with Crippen molar-refractivity contribution in [1.82, 2.24) is 14.3 Å². The van der Waals surface area contributed by atoms with Gasteiger partial charge in [0, 0.05) is 26.4 Å². The van der Waals surface area contributed by atoms with Crippen LogP contribution in [0.25, 0.3) is 10.2 Å². The molecule has 0 aliphatic heterocycles. The average molecular weight is 260 g/mol. The number of hydrogen-bond acceptors (Lipinski definition) is 3. The Morgan fingerprint density at radius 2 is 2.22 bits per heavy atom. The Kier molecular flexibility index (Phi) is 2.45. The maximum Gasteiger partial charge on any atom is 0.273 e. The molecule has 0 bridgehead atoms. The zero-order valence-electron chi connectivity index (χ0n) is 10.0. The van der Waals surface area contributed by atoms with E-state index in [1.54, 1.807) is 28.3 Å². The second kappa shape index (κ2) is 3.99. The van der Waals surface area contributed by atoms with Crippen molar-refractivity contribution >= 4 is 33.3 Å². The quantitative estimate of drug-likeness (QED) is 0.768. The maximum absolute atomic E-state index is 12.1. The van der Waals surface area contributed by atoms with Crippen LogP contribution in [0.3, 0.4) is 0 Å². The molecule has 6 heteroatoms. The van der Waals surface area contributed by atoms with Crippen LogP contribution >= 0.6 is 11.3 Å². The molecule has 0 radical (unpaired) electrons. The van der Waals surface area contributed by atoms with E-state index in [0.717, 1.165) is 10.2 Å². The first kappa shape index (κ1) is 11.0. The van der Waals surface area contributed by atoms with Crippen molar-refractivity contribution in [2.75, 3.05) is 5.32 Å². The topological polar surface area (TPSA) is 51.9 Å². The van der Waals surface area contributed by atoms with Gasteiger partial charge in [-0.25, -0.2) is 0 Å². The number of thiophene rings is 1. The summed E-state index contributed by atoms with van der Waals surface area (Å²) in [6.07, 6.45) is 1.79. The minimum atomic E-state index is -0.139. The fourth-order valence-corrected chi connectivity index (χ4v) is 2.78. The summed E-state index contributed by atoms with van der Waals surface area (Å²) in [7, 11) is 3.70. The van der Waals surface area contributed by atoms with Crippen LogP contribution in [0.4, 0.5) is 5.82 Å². The second-order valence-electron chi connectivity index (χ2n) is 4.09. The number of nitrogens with one attached hydrogen (secondary N) is 1. The lowest BCUT2D eigenvalue weighted by atomic mass is 10.4. The number of carbonyl (C=O) groups is 1. The minimum absolute atomic E-state index is 0.139. The van der Waals surface area contributed by atoms with Crippen LogP contribution in [-0.4, -0.2) is 20.3 Å². The largest absolute Gasteiger partial charge is 0.339 e. The highest BCUT2D eigenvalue weighted by Crippen LogP contribution is 2.24. The molecule has 92 valence electrons. The molecule has 3 aromatic heterocycles. The van der Waals surface area contributed by atoms with Crippen molar-refractivity contribution in [3.63, 3.8) is 0 Å². The highest BCUT2D eigenvalue weighted by molar-refractivity contribution is 7.17. The summed E-state index contributed by atoms with van der Waals surface area (Å²) in [5.74, 6) is 0.423. The number of carbonyl (C=O) groups excluding carboxylic acids is 1. The van der Waals surface area contributed by atoms with Gasteiger partial charge in [0.2, 0.25) is 0 Å². The van der Waals surface area contributed by atoms with E-state index >= 15 is 0 Å². The van der Waals surface area contributed by atoms with Crippen molar-refractivity contribution in [3.8, 4) is 0 Å². The number of rotatable bonds is 2. The summed E-state index contributed by atoms with van der Waals surface area (Å²) in [6.45, 7) is 0.